The summed E-state index contributed by atoms with van der Waals surface area (Å²) in [5.41, 5.74) is 0. The molecule has 1 amide bonds. The van der Waals surface area contributed by atoms with Crippen molar-refractivity contribution in [3.63, 3.8) is 0 Å². The predicted molar refractivity (Wildman–Crippen MR) is 72.8 cm³/mol. The SMILES string of the molecule is O=C(O)C1CCCN1C1CCN(C(=O)c2ccno2)CC1. The number of carbonyl (C=O) groups excluding carboxylic acids is 1. The van der Waals surface area contributed by atoms with Crippen LogP contribution in [0.5, 0.6) is 0 Å². The molecule has 3 rings (SSSR count). The Bertz CT molecular complexity index is 508. The molecular weight excluding hydrogens is 274 g/mol. The van der Waals surface area contributed by atoms with Crippen LogP contribution in [0.3, 0.4) is 0 Å². The molecule has 2 aliphatic heterocycles. The number of nitrogens with zero attached hydrogens (tertiary/aromatic N) is 3. The van der Waals surface area contributed by atoms with Crippen LogP contribution in [-0.2, 0) is 4.79 Å². The number of rotatable bonds is 3. The average molecular weight is 293 g/mol. The van der Waals surface area contributed by atoms with Gasteiger partial charge in [0.15, 0.2) is 0 Å². The van der Waals surface area contributed by atoms with Gasteiger partial charge in [-0.2, -0.15) is 0 Å². The van der Waals surface area contributed by atoms with Gasteiger partial charge in [0.2, 0.25) is 5.76 Å². The van der Waals surface area contributed by atoms with Gasteiger partial charge in [0, 0.05) is 25.2 Å². The summed E-state index contributed by atoms with van der Waals surface area (Å²) in [4.78, 5) is 27.3. The highest BCUT2D eigenvalue weighted by Crippen LogP contribution is 2.26. The molecule has 2 aliphatic rings. The maximum absolute atomic E-state index is 12.1. The van der Waals surface area contributed by atoms with Gasteiger partial charge in [-0.3, -0.25) is 14.5 Å². The molecule has 114 valence electrons. The molecule has 0 aliphatic carbocycles. The number of aromatic nitrogens is 1. The van der Waals surface area contributed by atoms with Crippen molar-refractivity contribution in [3.05, 3.63) is 18.0 Å². The van der Waals surface area contributed by atoms with Gasteiger partial charge >= 0.3 is 5.97 Å². The summed E-state index contributed by atoms with van der Waals surface area (Å²) in [6.07, 6.45) is 4.75. The third-order valence-corrected chi connectivity index (χ3v) is 4.45. The lowest BCUT2D eigenvalue weighted by Crippen LogP contribution is -2.49. The number of carboxylic acids is 1. The lowest BCUT2D eigenvalue weighted by atomic mass is 10.0. The highest BCUT2D eigenvalue weighted by atomic mass is 16.5. The molecular formula is C14H19N3O4. The predicted octanol–water partition coefficient (Wildman–Crippen LogP) is 0.828. The van der Waals surface area contributed by atoms with Crippen LogP contribution in [-0.4, -0.2) is 63.7 Å². The lowest BCUT2D eigenvalue weighted by molar-refractivity contribution is -0.143. The molecule has 0 bridgehead atoms. The van der Waals surface area contributed by atoms with Crippen molar-refractivity contribution in [2.24, 2.45) is 0 Å². The van der Waals surface area contributed by atoms with E-state index in [1.54, 1.807) is 11.0 Å². The Balaban J connectivity index is 1.58. The molecule has 1 aromatic rings. The zero-order valence-electron chi connectivity index (χ0n) is 11.8. The van der Waals surface area contributed by atoms with Crippen LogP contribution in [0, 0.1) is 0 Å². The Hall–Kier alpha value is -1.89. The number of carbonyl (C=O) groups is 2. The van der Waals surface area contributed by atoms with Gasteiger partial charge in [-0.25, -0.2) is 0 Å². The minimum atomic E-state index is -0.729. The fourth-order valence-electron chi connectivity index (χ4n) is 3.37. The Morgan fingerprint density at radius 3 is 2.62 bits per heavy atom. The number of carboxylic acid groups (broad SMARTS) is 1. The summed E-state index contributed by atoms with van der Waals surface area (Å²) in [6, 6.07) is 1.47. The molecule has 2 saturated heterocycles. The molecule has 1 unspecified atom stereocenters. The van der Waals surface area contributed by atoms with Crippen LogP contribution in [0.25, 0.3) is 0 Å². The second-order valence-electron chi connectivity index (χ2n) is 5.63. The van der Waals surface area contributed by atoms with Gasteiger partial charge in [-0.05, 0) is 32.2 Å². The topological polar surface area (TPSA) is 86.9 Å². The minimum absolute atomic E-state index is 0.137. The normalized spacial score (nSPS) is 24.4. The summed E-state index contributed by atoms with van der Waals surface area (Å²) >= 11 is 0. The molecule has 7 nitrogen and oxygen atoms in total. The summed E-state index contributed by atoms with van der Waals surface area (Å²) in [6.45, 7) is 2.11. The quantitative estimate of drug-likeness (QED) is 0.888. The second-order valence-corrected chi connectivity index (χ2v) is 5.63. The number of hydrogen-bond donors (Lipinski definition) is 1. The average Bonchev–Trinajstić information content (AvgIpc) is 3.18. The van der Waals surface area contributed by atoms with E-state index < -0.39 is 5.97 Å². The van der Waals surface area contributed by atoms with Crippen molar-refractivity contribution in [3.8, 4) is 0 Å². The molecule has 1 aromatic heterocycles. The van der Waals surface area contributed by atoms with E-state index in [1.807, 2.05) is 0 Å². The van der Waals surface area contributed by atoms with Crippen LogP contribution in [0.2, 0.25) is 0 Å². The van der Waals surface area contributed by atoms with E-state index in [-0.39, 0.29) is 23.8 Å². The van der Waals surface area contributed by atoms with Gasteiger partial charge in [0.25, 0.3) is 5.91 Å². The van der Waals surface area contributed by atoms with Crippen LogP contribution < -0.4 is 0 Å². The lowest BCUT2D eigenvalue weighted by Gasteiger charge is -2.38. The van der Waals surface area contributed by atoms with E-state index in [4.69, 9.17) is 4.52 Å². The molecule has 3 heterocycles. The third kappa shape index (κ3) is 2.78. The Labute approximate surface area is 122 Å². The largest absolute Gasteiger partial charge is 0.480 e. The highest BCUT2D eigenvalue weighted by molar-refractivity contribution is 5.91. The summed E-state index contributed by atoms with van der Waals surface area (Å²) in [5, 5.41) is 12.8. The summed E-state index contributed by atoms with van der Waals surface area (Å²) < 4.78 is 4.89. The number of aliphatic carboxylic acids is 1. The Kier molecular flexibility index (Phi) is 3.92. The van der Waals surface area contributed by atoms with Gasteiger partial charge in [0.1, 0.15) is 6.04 Å². The van der Waals surface area contributed by atoms with E-state index in [0.29, 0.717) is 13.1 Å². The monoisotopic (exact) mass is 293 g/mol. The molecule has 21 heavy (non-hydrogen) atoms. The summed E-state index contributed by atoms with van der Waals surface area (Å²) in [5.74, 6) is -0.604. The van der Waals surface area contributed by atoms with Crippen LogP contribution in [0.15, 0.2) is 16.8 Å². The number of likely N-dealkylation sites (tertiary alicyclic amines) is 2. The Morgan fingerprint density at radius 2 is 2.00 bits per heavy atom. The molecule has 0 radical (unpaired) electrons. The van der Waals surface area contributed by atoms with E-state index >= 15 is 0 Å². The fourth-order valence-corrected chi connectivity index (χ4v) is 3.37. The fraction of sp³-hybridized carbons (Fsp3) is 0.643. The zero-order chi connectivity index (χ0) is 14.8. The van der Waals surface area contributed by atoms with Crippen molar-refractivity contribution in [1.82, 2.24) is 15.0 Å². The van der Waals surface area contributed by atoms with Crippen molar-refractivity contribution >= 4 is 11.9 Å². The number of amides is 1. The van der Waals surface area contributed by atoms with Crippen molar-refractivity contribution < 1.29 is 19.2 Å². The molecule has 2 fully saturated rings. The van der Waals surface area contributed by atoms with E-state index in [2.05, 4.69) is 10.1 Å². The highest BCUT2D eigenvalue weighted by Gasteiger charge is 2.37. The van der Waals surface area contributed by atoms with Crippen LogP contribution in [0.1, 0.15) is 36.2 Å². The van der Waals surface area contributed by atoms with E-state index in [1.165, 1.54) is 6.20 Å². The smallest absolute Gasteiger partial charge is 0.320 e. The maximum Gasteiger partial charge on any atom is 0.320 e. The van der Waals surface area contributed by atoms with Gasteiger partial charge in [-0.15, -0.1) is 0 Å². The van der Waals surface area contributed by atoms with Crippen LogP contribution >= 0.6 is 0 Å². The van der Waals surface area contributed by atoms with E-state index in [9.17, 15) is 14.7 Å². The third-order valence-electron chi connectivity index (χ3n) is 4.45. The maximum atomic E-state index is 12.1. The standard InChI is InChI=1S/C14H19N3O4/c18-13(12-3-6-15-21-12)16-8-4-10(5-9-16)17-7-1-2-11(17)14(19)20/h3,6,10-11H,1-2,4-5,7-9H2,(H,19,20). The molecule has 0 spiro atoms. The van der Waals surface area contributed by atoms with Crippen LogP contribution in [0.4, 0.5) is 0 Å². The molecule has 1 atom stereocenters. The molecule has 0 saturated carbocycles. The van der Waals surface area contributed by atoms with Gasteiger partial charge in [-0.1, -0.05) is 5.16 Å². The second kappa shape index (κ2) is 5.85. The molecule has 7 heteroatoms. The molecule has 0 aromatic carbocycles. The van der Waals surface area contributed by atoms with Crippen molar-refractivity contribution in [1.29, 1.82) is 0 Å². The summed E-state index contributed by atoms with van der Waals surface area (Å²) in [7, 11) is 0. The number of piperidine rings is 1. The first kappa shape index (κ1) is 14.1. The minimum Gasteiger partial charge on any atom is -0.480 e. The molecule has 1 N–H and O–H groups in total. The first-order chi connectivity index (χ1) is 10.2. The van der Waals surface area contributed by atoms with E-state index in [0.717, 1.165) is 32.2 Å². The zero-order valence-corrected chi connectivity index (χ0v) is 11.8. The first-order valence-electron chi connectivity index (χ1n) is 7.35. The van der Waals surface area contributed by atoms with Gasteiger partial charge < -0.3 is 14.5 Å². The van der Waals surface area contributed by atoms with Gasteiger partial charge in [0.05, 0.1) is 6.20 Å². The first-order valence-corrected chi connectivity index (χ1v) is 7.35. The van der Waals surface area contributed by atoms with Crippen molar-refractivity contribution in [2.45, 2.75) is 37.8 Å². The number of hydrogen-bond acceptors (Lipinski definition) is 5. The Morgan fingerprint density at radius 1 is 1.24 bits per heavy atom. The van der Waals surface area contributed by atoms with Crippen molar-refractivity contribution in [2.75, 3.05) is 19.6 Å².